The second-order valence-corrected chi connectivity index (χ2v) is 7.68. The van der Waals surface area contributed by atoms with Crippen molar-refractivity contribution in [1.29, 1.82) is 0 Å². The number of hydrogen-bond acceptors (Lipinski definition) is 6. The fourth-order valence-electron chi connectivity index (χ4n) is 2.94. The summed E-state index contributed by atoms with van der Waals surface area (Å²) in [5.41, 5.74) is 2.09. The quantitative estimate of drug-likeness (QED) is 0.489. The van der Waals surface area contributed by atoms with E-state index in [4.69, 9.17) is 9.84 Å². The first-order chi connectivity index (χ1) is 14.8. The molecule has 0 unspecified atom stereocenters. The zero-order chi connectivity index (χ0) is 22.5. The van der Waals surface area contributed by atoms with Crippen LogP contribution in [0.3, 0.4) is 0 Å². The number of phenolic OH excluding ortho intramolecular Hbond substituents is 1. The van der Waals surface area contributed by atoms with Crippen LogP contribution in [0.4, 0.5) is 5.69 Å². The summed E-state index contributed by atoms with van der Waals surface area (Å²) < 4.78 is 5.52. The van der Waals surface area contributed by atoms with E-state index in [0.29, 0.717) is 40.1 Å². The number of amides is 1. The van der Waals surface area contributed by atoms with Crippen LogP contribution in [-0.2, 0) is 11.2 Å². The zero-order valence-corrected chi connectivity index (χ0v) is 18.0. The van der Waals surface area contributed by atoms with Crippen LogP contribution in [-0.4, -0.2) is 45.8 Å². The van der Waals surface area contributed by atoms with Gasteiger partial charge in [0.2, 0.25) is 0 Å². The summed E-state index contributed by atoms with van der Waals surface area (Å²) in [6, 6.07) is 9.59. The summed E-state index contributed by atoms with van der Waals surface area (Å²) in [6.45, 7) is 5.94. The first-order valence-electron chi connectivity index (χ1n) is 9.53. The summed E-state index contributed by atoms with van der Waals surface area (Å²) >= 11 is 1.22. The van der Waals surface area contributed by atoms with E-state index in [1.165, 1.54) is 28.8 Å². The molecule has 1 saturated heterocycles. The Hall–Kier alpha value is -3.52. The number of phenols is 1. The minimum atomic E-state index is -1.01. The molecule has 2 aromatic rings. The number of aromatic hydroxyl groups is 1. The molecule has 3 rings (SSSR count). The lowest BCUT2D eigenvalue weighted by molar-refractivity contribution is -0.121. The molecule has 1 amide bonds. The number of allylic oxidation sites excluding steroid dienone is 1. The predicted molar refractivity (Wildman–Crippen MR) is 122 cm³/mol. The Morgan fingerprint density at radius 3 is 2.61 bits per heavy atom. The number of hydrogen-bond donors (Lipinski definition) is 2. The van der Waals surface area contributed by atoms with Crippen LogP contribution in [0, 0.1) is 0 Å². The predicted octanol–water partition coefficient (Wildman–Crippen LogP) is 4.45. The van der Waals surface area contributed by atoms with Crippen LogP contribution in [0.15, 0.2) is 59.0 Å². The Balaban J connectivity index is 1.92. The topological polar surface area (TPSA) is 99.4 Å². The first kappa shape index (κ1) is 22.2. The number of aliphatic imine (C=N–C) groups is 1. The molecular formula is C23H22N2O5S. The number of thioether (sulfide) groups is 1. The summed E-state index contributed by atoms with van der Waals surface area (Å²) in [6.07, 6.45) is 3.88. The zero-order valence-electron chi connectivity index (χ0n) is 17.2. The second-order valence-electron chi connectivity index (χ2n) is 6.67. The number of carbonyl (C=O) groups is 2. The van der Waals surface area contributed by atoms with Gasteiger partial charge in [-0.3, -0.25) is 9.69 Å². The number of amidine groups is 1. The lowest BCUT2D eigenvalue weighted by Crippen LogP contribution is -2.23. The highest BCUT2D eigenvalue weighted by Crippen LogP contribution is 2.36. The van der Waals surface area contributed by atoms with Crippen molar-refractivity contribution in [3.8, 4) is 11.5 Å². The van der Waals surface area contributed by atoms with Gasteiger partial charge in [-0.15, -0.1) is 6.58 Å². The Kier molecular flexibility index (Phi) is 6.81. The van der Waals surface area contributed by atoms with Crippen molar-refractivity contribution in [2.75, 3.05) is 13.7 Å². The molecule has 8 heteroatoms. The molecule has 2 aromatic carbocycles. The maximum absolute atomic E-state index is 12.7. The maximum atomic E-state index is 12.7. The van der Waals surface area contributed by atoms with Gasteiger partial charge < -0.3 is 14.9 Å². The second kappa shape index (κ2) is 9.53. The molecular weight excluding hydrogens is 416 g/mol. The molecule has 1 heterocycles. The van der Waals surface area contributed by atoms with Crippen molar-refractivity contribution >= 4 is 40.6 Å². The van der Waals surface area contributed by atoms with Crippen molar-refractivity contribution in [3.05, 3.63) is 70.6 Å². The average molecular weight is 439 g/mol. The first-order valence-corrected chi connectivity index (χ1v) is 10.3. The maximum Gasteiger partial charge on any atom is 0.335 e. The fourth-order valence-corrected chi connectivity index (χ4v) is 3.93. The van der Waals surface area contributed by atoms with E-state index >= 15 is 0 Å². The minimum Gasteiger partial charge on any atom is -0.504 e. The fraction of sp³-hybridized carbons (Fsp3) is 0.174. The molecule has 0 aromatic heterocycles. The van der Waals surface area contributed by atoms with E-state index in [0.717, 1.165) is 5.56 Å². The van der Waals surface area contributed by atoms with Gasteiger partial charge in [-0.1, -0.05) is 6.08 Å². The third-order valence-corrected chi connectivity index (χ3v) is 5.54. The van der Waals surface area contributed by atoms with Crippen LogP contribution < -0.4 is 4.74 Å². The third-order valence-electron chi connectivity index (χ3n) is 4.48. The van der Waals surface area contributed by atoms with E-state index in [-0.39, 0.29) is 17.2 Å². The van der Waals surface area contributed by atoms with Crippen molar-refractivity contribution in [3.63, 3.8) is 0 Å². The molecule has 7 nitrogen and oxygen atoms in total. The van der Waals surface area contributed by atoms with Crippen molar-refractivity contribution in [1.82, 2.24) is 4.90 Å². The summed E-state index contributed by atoms with van der Waals surface area (Å²) in [5, 5.41) is 19.8. The number of carbonyl (C=O) groups excluding carboxylic acids is 1. The van der Waals surface area contributed by atoms with Crippen LogP contribution in [0.2, 0.25) is 0 Å². The number of carboxylic acid groups (broad SMARTS) is 1. The van der Waals surface area contributed by atoms with E-state index < -0.39 is 5.97 Å². The molecule has 1 aliphatic heterocycles. The van der Waals surface area contributed by atoms with Gasteiger partial charge in [0, 0.05) is 12.6 Å². The summed E-state index contributed by atoms with van der Waals surface area (Å²) in [7, 11) is 1.63. The number of likely N-dealkylation sites (N-methyl/N-ethyl adjacent to an activating group) is 1. The molecule has 2 N–H and O–H groups in total. The average Bonchev–Trinajstić information content (AvgIpc) is 3.00. The lowest BCUT2D eigenvalue weighted by atomic mass is 10.1. The monoisotopic (exact) mass is 438 g/mol. The molecule has 0 spiro atoms. The Morgan fingerprint density at radius 2 is 2.00 bits per heavy atom. The minimum absolute atomic E-state index is 0.0680. The number of carboxylic acids is 1. The largest absolute Gasteiger partial charge is 0.504 e. The normalized spacial score (nSPS) is 16.2. The Morgan fingerprint density at radius 1 is 1.29 bits per heavy atom. The van der Waals surface area contributed by atoms with Gasteiger partial charge in [-0.25, -0.2) is 9.79 Å². The highest BCUT2D eigenvalue weighted by atomic mass is 32.2. The molecule has 31 heavy (non-hydrogen) atoms. The highest BCUT2D eigenvalue weighted by Gasteiger charge is 2.30. The molecule has 0 saturated carbocycles. The van der Waals surface area contributed by atoms with Gasteiger partial charge in [-0.2, -0.15) is 0 Å². The van der Waals surface area contributed by atoms with Gasteiger partial charge in [0.25, 0.3) is 5.91 Å². The number of rotatable bonds is 7. The van der Waals surface area contributed by atoms with E-state index in [1.807, 2.05) is 6.92 Å². The number of ether oxygens (including phenoxy) is 1. The summed E-state index contributed by atoms with van der Waals surface area (Å²) in [5.74, 6) is -0.797. The number of aromatic carboxylic acids is 1. The van der Waals surface area contributed by atoms with Crippen molar-refractivity contribution < 1.29 is 24.5 Å². The van der Waals surface area contributed by atoms with Gasteiger partial charge in [-0.05, 0) is 73.1 Å². The van der Waals surface area contributed by atoms with E-state index in [9.17, 15) is 14.7 Å². The molecule has 0 radical (unpaired) electrons. The van der Waals surface area contributed by atoms with Crippen LogP contribution in [0.5, 0.6) is 11.5 Å². The third kappa shape index (κ3) is 4.97. The van der Waals surface area contributed by atoms with Crippen LogP contribution >= 0.6 is 11.8 Å². The van der Waals surface area contributed by atoms with E-state index in [2.05, 4.69) is 11.6 Å². The lowest BCUT2D eigenvalue weighted by Gasteiger charge is -2.11. The molecule has 0 bridgehead atoms. The molecule has 1 aliphatic rings. The molecule has 160 valence electrons. The number of nitrogens with zero attached hydrogens (tertiary/aromatic N) is 2. The smallest absolute Gasteiger partial charge is 0.335 e. The number of benzene rings is 2. The SMILES string of the molecule is C=CCc1cc(/C=C2/SC(=Nc3ccc(C(=O)O)cc3)N(C)C2=O)cc(OCC)c1O. The van der Waals surface area contributed by atoms with Gasteiger partial charge in [0.15, 0.2) is 16.7 Å². The van der Waals surface area contributed by atoms with Gasteiger partial charge >= 0.3 is 5.97 Å². The Labute approximate surface area is 184 Å². The standard InChI is InChI=1S/C23H22N2O5S/c1-4-6-16-11-14(12-18(20(16)26)30-5-2)13-19-21(27)25(3)23(31-19)24-17-9-7-15(8-10-17)22(28)29/h4,7-13,26H,1,5-6H2,2-3H3,(H,28,29)/b19-13+,24-23?. The van der Waals surface area contributed by atoms with Gasteiger partial charge in [0.05, 0.1) is 22.8 Å². The molecule has 0 aliphatic carbocycles. The Bertz CT molecular complexity index is 1090. The van der Waals surface area contributed by atoms with Crippen molar-refractivity contribution in [2.45, 2.75) is 13.3 Å². The summed E-state index contributed by atoms with van der Waals surface area (Å²) in [4.78, 5) is 30.1. The van der Waals surface area contributed by atoms with Crippen LogP contribution in [0.1, 0.15) is 28.4 Å². The molecule has 0 atom stereocenters. The highest BCUT2D eigenvalue weighted by molar-refractivity contribution is 8.18. The van der Waals surface area contributed by atoms with E-state index in [1.54, 1.807) is 43.5 Å². The van der Waals surface area contributed by atoms with Crippen molar-refractivity contribution in [2.24, 2.45) is 4.99 Å². The van der Waals surface area contributed by atoms with Gasteiger partial charge in [0.1, 0.15) is 0 Å². The van der Waals surface area contributed by atoms with Crippen LogP contribution in [0.25, 0.3) is 6.08 Å². The molecule has 1 fully saturated rings.